The van der Waals surface area contributed by atoms with Gasteiger partial charge >= 0.3 is 10.4 Å². The molecule has 11 heteroatoms. The topological polar surface area (TPSA) is 63.6 Å². The van der Waals surface area contributed by atoms with Gasteiger partial charge in [-0.2, -0.15) is 8.42 Å². The molecule has 0 saturated carbocycles. The quantitative estimate of drug-likeness (QED) is 0.345. The van der Waals surface area contributed by atoms with Crippen LogP contribution in [0.2, 0.25) is 25.1 Å². The van der Waals surface area contributed by atoms with E-state index in [0.717, 1.165) is 0 Å². The largest absolute Gasteiger partial charge is 0.446 e. The summed E-state index contributed by atoms with van der Waals surface area (Å²) >= 11 is 28.1. The first kappa shape index (κ1) is 17.9. The molecule has 1 aromatic carbocycles. The predicted octanol–water partition coefficient (Wildman–Crippen LogP) is 4.13. The van der Waals surface area contributed by atoms with Crippen LogP contribution in [-0.4, -0.2) is 13.0 Å². The summed E-state index contributed by atoms with van der Waals surface area (Å²) in [7, 11) is -4.80. The Morgan fingerprint density at radius 1 is 0.824 bits per heavy atom. The van der Waals surface area contributed by atoms with Gasteiger partial charge in [0.1, 0.15) is 10.0 Å². The molecule has 17 heavy (non-hydrogen) atoms. The SMILES string of the molecule is O=S(=O)(O)Oc1c(Cl)c(Cl)c(Cl)c(Cl)c1Cl.[Cu]. The van der Waals surface area contributed by atoms with Gasteiger partial charge in [0.25, 0.3) is 0 Å². The second kappa shape index (κ2) is 6.37. The normalized spacial score (nSPS) is 10.9. The Kier molecular flexibility index (Phi) is 6.71. The Morgan fingerprint density at radius 2 is 1.12 bits per heavy atom. The van der Waals surface area contributed by atoms with E-state index in [9.17, 15) is 8.42 Å². The monoisotopic (exact) mass is 407 g/mol. The third kappa shape index (κ3) is 4.20. The van der Waals surface area contributed by atoms with E-state index in [0.29, 0.717) is 0 Å². The Labute approximate surface area is 132 Å². The molecule has 4 nitrogen and oxygen atoms in total. The van der Waals surface area contributed by atoms with Crippen molar-refractivity contribution in [1.29, 1.82) is 0 Å². The summed E-state index contributed by atoms with van der Waals surface area (Å²) in [6.07, 6.45) is 0. The molecule has 1 aromatic rings. The maximum Gasteiger partial charge on any atom is 0.446 e. The second-order valence-electron chi connectivity index (χ2n) is 2.41. The van der Waals surface area contributed by atoms with Crippen molar-refractivity contribution < 1.29 is 34.2 Å². The first-order valence-electron chi connectivity index (χ1n) is 3.33. The molecule has 1 radical (unpaired) electrons. The van der Waals surface area contributed by atoms with E-state index in [2.05, 4.69) is 4.18 Å². The maximum atomic E-state index is 10.5. The first-order chi connectivity index (χ1) is 7.15. The van der Waals surface area contributed by atoms with Crippen LogP contribution in [0.5, 0.6) is 5.75 Å². The van der Waals surface area contributed by atoms with Gasteiger partial charge in [0, 0.05) is 17.1 Å². The second-order valence-corrected chi connectivity index (χ2v) is 5.32. The van der Waals surface area contributed by atoms with Gasteiger partial charge in [-0.15, -0.1) is 0 Å². The fourth-order valence-electron chi connectivity index (χ4n) is 0.763. The summed E-state index contributed by atoms with van der Waals surface area (Å²) in [5, 5.41) is -1.38. The Balaban J connectivity index is 0.00000256. The van der Waals surface area contributed by atoms with Crippen LogP contribution in [0.15, 0.2) is 0 Å². The minimum atomic E-state index is -4.80. The van der Waals surface area contributed by atoms with E-state index in [4.69, 9.17) is 62.6 Å². The van der Waals surface area contributed by atoms with Crippen molar-refractivity contribution in [3.63, 3.8) is 0 Å². The molecule has 0 aliphatic heterocycles. The molecular weight excluding hydrogens is 409 g/mol. The van der Waals surface area contributed by atoms with Gasteiger partial charge < -0.3 is 4.18 Å². The van der Waals surface area contributed by atoms with Crippen molar-refractivity contribution in [3.05, 3.63) is 25.1 Å². The van der Waals surface area contributed by atoms with Crippen molar-refractivity contribution in [1.82, 2.24) is 0 Å². The molecule has 0 fully saturated rings. The van der Waals surface area contributed by atoms with Gasteiger partial charge in [0.15, 0.2) is 5.75 Å². The van der Waals surface area contributed by atoms with Crippen LogP contribution >= 0.6 is 58.0 Å². The average molecular weight is 410 g/mol. The Bertz CT molecular complexity index is 517. The van der Waals surface area contributed by atoms with Crippen LogP contribution < -0.4 is 4.18 Å². The van der Waals surface area contributed by atoms with Crippen LogP contribution in [0.3, 0.4) is 0 Å². The molecular formula is C6HCl5CuO4S. The van der Waals surface area contributed by atoms with Gasteiger partial charge in [-0.3, -0.25) is 4.55 Å². The number of benzene rings is 1. The fraction of sp³-hybridized carbons (Fsp3) is 0. The van der Waals surface area contributed by atoms with Crippen molar-refractivity contribution >= 4 is 68.4 Å². The van der Waals surface area contributed by atoms with Crippen molar-refractivity contribution in [2.75, 3.05) is 0 Å². The minimum absolute atomic E-state index is 0. The van der Waals surface area contributed by atoms with Gasteiger partial charge in [0.2, 0.25) is 0 Å². The third-order valence-electron chi connectivity index (χ3n) is 1.36. The summed E-state index contributed by atoms with van der Waals surface area (Å²) in [6, 6.07) is 0. The molecule has 0 amide bonds. The van der Waals surface area contributed by atoms with Crippen LogP contribution in [0.4, 0.5) is 0 Å². The van der Waals surface area contributed by atoms with Crippen molar-refractivity contribution in [2.24, 2.45) is 0 Å². The molecule has 101 valence electrons. The third-order valence-corrected chi connectivity index (χ3v) is 3.98. The summed E-state index contributed by atoms with van der Waals surface area (Å²) in [4.78, 5) is 0. The maximum absolute atomic E-state index is 10.5. The van der Waals surface area contributed by atoms with Crippen LogP contribution in [0.25, 0.3) is 0 Å². The molecule has 0 aromatic heterocycles. The molecule has 0 aliphatic carbocycles. The minimum Gasteiger partial charge on any atom is -0.358 e. The molecule has 1 rings (SSSR count). The van der Waals surface area contributed by atoms with Crippen LogP contribution in [-0.2, 0) is 27.5 Å². The smallest absolute Gasteiger partial charge is 0.358 e. The van der Waals surface area contributed by atoms with Gasteiger partial charge in [0.05, 0.1) is 15.1 Å². The number of halogens is 5. The molecule has 0 heterocycles. The van der Waals surface area contributed by atoms with E-state index < -0.39 is 16.1 Å². The summed E-state index contributed by atoms with van der Waals surface area (Å²) < 4.78 is 33.6. The summed E-state index contributed by atoms with van der Waals surface area (Å²) in [6.45, 7) is 0. The molecule has 0 aliphatic rings. The number of hydrogen-bond donors (Lipinski definition) is 1. The zero-order valence-electron chi connectivity index (χ0n) is 7.27. The van der Waals surface area contributed by atoms with Gasteiger partial charge in [-0.25, -0.2) is 0 Å². The number of hydrogen-bond acceptors (Lipinski definition) is 3. The first-order valence-corrected chi connectivity index (χ1v) is 6.59. The molecule has 0 unspecified atom stereocenters. The Hall–Kier alpha value is 0.899. The van der Waals surface area contributed by atoms with Gasteiger partial charge in [-0.1, -0.05) is 58.0 Å². The molecule has 1 N–H and O–H groups in total. The van der Waals surface area contributed by atoms with E-state index in [1.807, 2.05) is 0 Å². The van der Waals surface area contributed by atoms with E-state index >= 15 is 0 Å². The molecule has 0 saturated heterocycles. The van der Waals surface area contributed by atoms with E-state index in [-0.39, 0.29) is 42.2 Å². The summed E-state index contributed by atoms with van der Waals surface area (Å²) in [5.74, 6) is -0.592. The average Bonchev–Trinajstić information content (AvgIpc) is 2.17. The van der Waals surface area contributed by atoms with Crippen molar-refractivity contribution in [3.8, 4) is 5.75 Å². The Morgan fingerprint density at radius 3 is 1.41 bits per heavy atom. The fourth-order valence-corrected chi connectivity index (χ4v) is 2.43. The van der Waals surface area contributed by atoms with Gasteiger partial charge in [-0.05, 0) is 0 Å². The zero-order chi connectivity index (χ0) is 12.7. The van der Waals surface area contributed by atoms with E-state index in [1.165, 1.54) is 0 Å². The standard InChI is InChI=1S/C6HCl5O4S.Cu/c7-1-2(8)4(10)6(5(11)3(1)9)15-16(12,13)14;/h(H,12,13,14);. The molecule has 0 bridgehead atoms. The van der Waals surface area contributed by atoms with Crippen LogP contribution in [0, 0.1) is 0 Å². The number of rotatable bonds is 2. The summed E-state index contributed by atoms with van der Waals surface area (Å²) in [5.41, 5.74) is 0. The van der Waals surface area contributed by atoms with E-state index in [1.54, 1.807) is 0 Å². The molecule has 0 spiro atoms. The van der Waals surface area contributed by atoms with Crippen LogP contribution in [0.1, 0.15) is 0 Å². The zero-order valence-corrected chi connectivity index (χ0v) is 12.8. The van der Waals surface area contributed by atoms with Crippen molar-refractivity contribution in [2.45, 2.75) is 0 Å². The predicted molar refractivity (Wildman–Crippen MR) is 63.7 cm³/mol. The molecule has 0 atom stereocenters.